The normalized spacial score (nSPS) is 11.2. The maximum absolute atomic E-state index is 9.87. The van der Waals surface area contributed by atoms with Gasteiger partial charge in [0, 0.05) is 66.1 Å². The first-order chi connectivity index (χ1) is 55.3. The van der Waals surface area contributed by atoms with Gasteiger partial charge in [0.25, 0.3) is 0 Å². The topological polar surface area (TPSA) is 182 Å². The average Bonchev–Trinajstić information content (AvgIpc) is 1.54. The summed E-state index contributed by atoms with van der Waals surface area (Å²) in [4.78, 5) is 31.5. The minimum atomic E-state index is 0.495. The monoisotopic (exact) mass is 1430 g/mol. The third-order valence-electron chi connectivity index (χ3n) is 20.8. The highest BCUT2D eigenvalue weighted by atomic mass is 15.1. The number of benzene rings is 15. The van der Waals surface area contributed by atoms with Gasteiger partial charge in [-0.3, -0.25) is 0 Å². The molecule has 0 unspecified atom stereocenters. The lowest BCUT2D eigenvalue weighted by atomic mass is 9.95. The highest BCUT2D eigenvalue weighted by Crippen LogP contribution is 2.46. The molecule has 0 aliphatic carbocycles. The van der Waals surface area contributed by atoms with E-state index >= 15 is 0 Å². The predicted octanol–water partition coefficient (Wildman–Crippen LogP) is 23.7. The third kappa shape index (κ3) is 12.4. The molecule has 112 heavy (non-hydrogen) atoms. The molecular weight excluding hydrogens is 1370 g/mol. The van der Waals surface area contributed by atoms with Crippen molar-refractivity contribution in [2.75, 3.05) is 0 Å². The van der Waals surface area contributed by atoms with Crippen LogP contribution in [0.25, 0.3) is 190 Å². The van der Waals surface area contributed by atoms with Crippen molar-refractivity contribution in [2.45, 2.75) is 0 Å². The van der Waals surface area contributed by atoms with Crippen molar-refractivity contribution in [3.8, 4) is 171 Å². The van der Waals surface area contributed by atoms with Gasteiger partial charge in [-0.1, -0.05) is 237 Å². The summed E-state index contributed by atoms with van der Waals surface area (Å²) in [6.07, 6.45) is 0. The minimum Gasteiger partial charge on any atom is -0.309 e. The second-order valence-electron chi connectivity index (χ2n) is 27.5. The molecule has 19 rings (SSSR count). The largest absolute Gasteiger partial charge is 0.309 e. The Balaban J connectivity index is 0.863. The lowest BCUT2D eigenvalue weighted by Gasteiger charge is -2.19. The molecule has 12 heteroatoms. The van der Waals surface area contributed by atoms with Crippen LogP contribution < -0.4 is 0 Å². The van der Waals surface area contributed by atoms with Crippen LogP contribution in [0.3, 0.4) is 0 Å². The first kappa shape index (κ1) is 66.6. The van der Waals surface area contributed by atoms with E-state index in [1.807, 2.05) is 218 Å². The molecule has 12 nitrogen and oxygen atoms in total. The van der Waals surface area contributed by atoms with E-state index < -0.39 is 0 Å². The van der Waals surface area contributed by atoms with Gasteiger partial charge in [-0.15, -0.1) is 0 Å². The highest BCUT2D eigenvalue weighted by molar-refractivity contribution is 6.14. The summed E-state index contributed by atoms with van der Waals surface area (Å²) in [7, 11) is 0. The summed E-state index contributed by atoms with van der Waals surface area (Å²) in [5.41, 5.74) is 24.3. The Morgan fingerprint density at radius 3 is 0.652 bits per heavy atom. The van der Waals surface area contributed by atoms with E-state index in [0.717, 1.165) is 155 Å². The second kappa shape index (κ2) is 28.3. The van der Waals surface area contributed by atoms with Crippen LogP contribution in [0.2, 0.25) is 0 Å². The molecule has 4 aromatic heterocycles. The maximum Gasteiger partial charge on any atom is 0.164 e. The van der Waals surface area contributed by atoms with Gasteiger partial charge in [-0.2, -0.15) is 21.0 Å². The first-order valence-corrected chi connectivity index (χ1v) is 36.6. The van der Waals surface area contributed by atoms with E-state index in [4.69, 9.17) is 29.9 Å². The van der Waals surface area contributed by atoms with Crippen molar-refractivity contribution in [3.63, 3.8) is 0 Å². The minimum absolute atomic E-state index is 0.495. The van der Waals surface area contributed by atoms with Crippen LogP contribution in [-0.4, -0.2) is 39.0 Å². The standard InChI is InChI=1S/C100H58N12/c101-59-63-24-32-67(33-25-63)75-42-48-89-85(53-75)86-54-76(68-34-26-64(60-102)27-35-68)43-49-90(86)111(89)93-57-81(99-107-95(71-14-5-1-6-15-71)105-96(108-99)72-16-7-2-8-17-72)40-46-83(93)79-22-13-23-80(52-79)84-47-41-82(100-109-97(73-18-9-3-10-19-73)106-98(110-100)74-20-11-4-12-21-74)58-94(84)112-91-50-44-77(69-36-28-65(61-103)29-37-69)55-87(91)88-56-78(45-51-92(88)112)70-38-30-66(62-104)31-39-70/h1-58H. The zero-order valence-electron chi connectivity index (χ0n) is 59.9. The maximum atomic E-state index is 9.87. The Morgan fingerprint density at radius 1 is 0.179 bits per heavy atom. The molecule has 518 valence electrons. The third-order valence-corrected chi connectivity index (χ3v) is 20.8. The number of hydrogen-bond acceptors (Lipinski definition) is 10. The van der Waals surface area contributed by atoms with Crippen LogP contribution in [0.1, 0.15) is 22.3 Å². The summed E-state index contributed by atoms with van der Waals surface area (Å²) < 4.78 is 4.72. The summed E-state index contributed by atoms with van der Waals surface area (Å²) >= 11 is 0. The molecule has 0 saturated heterocycles. The average molecular weight is 1430 g/mol. The van der Waals surface area contributed by atoms with E-state index in [1.54, 1.807) is 0 Å². The van der Waals surface area contributed by atoms with Crippen molar-refractivity contribution >= 4 is 43.6 Å². The van der Waals surface area contributed by atoms with Crippen LogP contribution in [0.5, 0.6) is 0 Å². The molecule has 0 aliphatic rings. The molecular formula is C100H58N12. The molecule has 0 fully saturated rings. The van der Waals surface area contributed by atoms with E-state index in [-0.39, 0.29) is 0 Å². The van der Waals surface area contributed by atoms with Gasteiger partial charge >= 0.3 is 0 Å². The molecule has 4 heterocycles. The fraction of sp³-hybridized carbons (Fsp3) is 0. The van der Waals surface area contributed by atoms with Crippen molar-refractivity contribution in [1.29, 1.82) is 21.0 Å². The Bertz CT molecular complexity index is 6340. The predicted molar refractivity (Wildman–Crippen MR) is 446 cm³/mol. The Labute approximate surface area is 644 Å². The van der Waals surface area contributed by atoms with Crippen LogP contribution in [-0.2, 0) is 0 Å². The number of fused-ring (bicyclic) bond motifs is 6. The second-order valence-corrected chi connectivity index (χ2v) is 27.5. The molecule has 0 N–H and O–H groups in total. The Kier molecular flexibility index (Phi) is 16.8. The molecule has 0 saturated carbocycles. The highest BCUT2D eigenvalue weighted by Gasteiger charge is 2.25. The smallest absolute Gasteiger partial charge is 0.164 e. The van der Waals surface area contributed by atoms with Crippen molar-refractivity contribution < 1.29 is 0 Å². The summed E-state index contributed by atoms with van der Waals surface area (Å²) in [5.74, 6) is 3.15. The van der Waals surface area contributed by atoms with E-state index in [2.05, 4.69) is 167 Å². The first-order valence-electron chi connectivity index (χ1n) is 36.6. The van der Waals surface area contributed by atoms with Gasteiger partial charge in [-0.05, 0) is 171 Å². The summed E-state index contributed by atoms with van der Waals surface area (Å²) in [5, 5.41) is 43.5. The van der Waals surface area contributed by atoms with E-state index in [0.29, 0.717) is 57.2 Å². The van der Waals surface area contributed by atoms with E-state index in [9.17, 15) is 21.0 Å². The van der Waals surface area contributed by atoms with Gasteiger partial charge in [0.05, 0.1) is 80.0 Å². The lowest BCUT2D eigenvalue weighted by molar-refractivity contribution is 1.07. The van der Waals surface area contributed by atoms with Gasteiger partial charge in [0.15, 0.2) is 34.9 Å². The number of aromatic nitrogens is 8. The summed E-state index contributed by atoms with van der Waals surface area (Å²) in [6, 6.07) is 128. The number of nitriles is 4. The van der Waals surface area contributed by atoms with Crippen LogP contribution >= 0.6 is 0 Å². The van der Waals surface area contributed by atoms with Gasteiger partial charge in [-0.25, -0.2) is 29.9 Å². The molecule has 0 bridgehead atoms. The number of rotatable bonds is 14. The molecule has 0 atom stereocenters. The van der Waals surface area contributed by atoms with E-state index in [1.165, 1.54) is 0 Å². The van der Waals surface area contributed by atoms with Crippen LogP contribution in [0, 0.1) is 45.3 Å². The number of hydrogen-bond donors (Lipinski definition) is 0. The van der Waals surface area contributed by atoms with Gasteiger partial charge in [0.1, 0.15) is 0 Å². The molecule has 0 aliphatic heterocycles. The Morgan fingerprint density at radius 2 is 0.402 bits per heavy atom. The zero-order chi connectivity index (χ0) is 75.2. The molecule has 19 aromatic rings. The van der Waals surface area contributed by atoms with Crippen molar-refractivity contribution in [3.05, 3.63) is 374 Å². The van der Waals surface area contributed by atoms with Gasteiger partial charge < -0.3 is 9.13 Å². The lowest BCUT2D eigenvalue weighted by Crippen LogP contribution is -2.03. The fourth-order valence-electron chi connectivity index (χ4n) is 15.2. The molecule has 0 spiro atoms. The van der Waals surface area contributed by atoms with Crippen LogP contribution in [0.4, 0.5) is 0 Å². The SMILES string of the molecule is N#Cc1ccc(-c2ccc3c(c2)c2cc(-c4ccc(C#N)cc4)ccc2n3-c2cc(-c3nc(-c4ccccc4)nc(-c4ccccc4)n3)ccc2-c2cccc(-c3ccc(-c4nc(-c5ccccc5)nc(-c5ccccc5)n4)cc3-n3c4ccc(-c5ccc(C#N)cc5)cc4c4cc(-c5ccc(C#N)cc5)ccc43)c2)cc1. The number of nitrogens with zero attached hydrogens (tertiary/aromatic N) is 12. The fourth-order valence-corrected chi connectivity index (χ4v) is 15.2. The quantitative estimate of drug-likeness (QED) is 0.102. The summed E-state index contributed by atoms with van der Waals surface area (Å²) in [6.45, 7) is 0. The Hall–Kier alpha value is -16.1. The molecule has 0 amide bonds. The van der Waals surface area contributed by atoms with Crippen LogP contribution in [0.15, 0.2) is 352 Å². The van der Waals surface area contributed by atoms with Gasteiger partial charge in [0.2, 0.25) is 0 Å². The molecule has 15 aromatic carbocycles. The zero-order valence-corrected chi connectivity index (χ0v) is 59.9. The van der Waals surface area contributed by atoms with Crippen molar-refractivity contribution in [2.24, 2.45) is 0 Å². The molecule has 0 radical (unpaired) electrons. The van der Waals surface area contributed by atoms with Crippen molar-refractivity contribution in [1.82, 2.24) is 39.0 Å².